The van der Waals surface area contributed by atoms with Gasteiger partial charge >= 0.3 is 8.03 Å². The Bertz CT molecular complexity index is 966. The third-order valence-electron chi connectivity index (χ3n) is 4.95. The standard InChI is InChI=1S/C21H23N2O4P/c24-28(25)20-3-1-2-16(13-20)12-18-14-17-15-19(4-5-21(17)22-18)27-11-8-23-6-9-26-10-7-23/h1-5,13-15,22H,6-12H2/p+1. The Kier molecular flexibility index (Phi) is 6.03. The monoisotopic (exact) mass is 399 g/mol. The van der Waals surface area contributed by atoms with Crippen LogP contribution in [0.5, 0.6) is 5.75 Å². The van der Waals surface area contributed by atoms with Crippen molar-refractivity contribution in [2.75, 3.05) is 39.5 Å². The smallest absolute Gasteiger partial charge is 0.492 e. The second kappa shape index (κ2) is 8.84. The molecule has 0 aliphatic carbocycles. The van der Waals surface area contributed by atoms with Crippen molar-refractivity contribution >= 4 is 24.2 Å². The number of fused-ring (bicyclic) bond motifs is 1. The van der Waals surface area contributed by atoms with Gasteiger partial charge in [-0.05, 0) is 46.5 Å². The SMILES string of the molecule is O=[P+](O)c1cccc(Cc2cc3cc(OCCN4CCOCC4)ccc3[nH]2)c1. The highest BCUT2D eigenvalue weighted by Crippen LogP contribution is 2.23. The van der Waals surface area contributed by atoms with Crippen LogP contribution in [-0.4, -0.2) is 54.2 Å². The van der Waals surface area contributed by atoms with Crippen molar-refractivity contribution in [1.82, 2.24) is 9.88 Å². The van der Waals surface area contributed by atoms with Gasteiger partial charge in [0.2, 0.25) is 5.30 Å². The van der Waals surface area contributed by atoms with Crippen molar-refractivity contribution in [1.29, 1.82) is 0 Å². The average molecular weight is 399 g/mol. The van der Waals surface area contributed by atoms with Gasteiger partial charge in [0.05, 0.1) is 13.2 Å². The van der Waals surface area contributed by atoms with Gasteiger partial charge in [-0.15, -0.1) is 0 Å². The van der Waals surface area contributed by atoms with E-state index in [0.717, 1.165) is 60.8 Å². The van der Waals surface area contributed by atoms with Gasteiger partial charge in [-0.1, -0.05) is 12.1 Å². The molecule has 0 amide bonds. The molecule has 3 aromatic rings. The maximum absolute atomic E-state index is 11.3. The van der Waals surface area contributed by atoms with Gasteiger partial charge in [0, 0.05) is 42.7 Å². The van der Waals surface area contributed by atoms with Crippen molar-refractivity contribution in [3.05, 3.63) is 59.8 Å². The Labute approximate surface area is 165 Å². The molecule has 0 spiro atoms. The van der Waals surface area contributed by atoms with E-state index in [1.54, 1.807) is 12.1 Å². The van der Waals surface area contributed by atoms with Crippen LogP contribution in [0.4, 0.5) is 0 Å². The summed E-state index contributed by atoms with van der Waals surface area (Å²) in [5.41, 5.74) is 3.12. The fourth-order valence-electron chi connectivity index (χ4n) is 3.48. The van der Waals surface area contributed by atoms with Gasteiger partial charge in [0.25, 0.3) is 0 Å². The predicted octanol–water partition coefficient (Wildman–Crippen LogP) is 2.83. The molecule has 1 unspecified atom stereocenters. The van der Waals surface area contributed by atoms with Crippen LogP contribution in [0.15, 0.2) is 48.5 Å². The number of aromatic amines is 1. The van der Waals surface area contributed by atoms with Crippen LogP contribution in [0.1, 0.15) is 11.3 Å². The predicted molar refractivity (Wildman–Crippen MR) is 110 cm³/mol. The van der Waals surface area contributed by atoms with E-state index in [4.69, 9.17) is 9.47 Å². The molecule has 1 fully saturated rings. The summed E-state index contributed by atoms with van der Waals surface area (Å²) in [6.45, 7) is 5.11. The Morgan fingerprint density at radius 1 is 1.14 bits per heavy atom. The zero-order valence-electron chi connectivity index (χ0n) is 15.6. The molecule has 2 heterocycles. The molecule has 4 rings (SSSR count). The summed E-state index contributed by atoms with van der Waals surface area (Å²) >= 11 is 0. The Balaban J connectivity index is 1.40. The molecule has 7 heteroatoms. The van der Waals surface area contributed by atoms with Gasteiger partial charge < -0.3 is 14.5 Å². The number of morpholine rings is 1. The first-order valence-corrected chi connectivity index (χ1v) is 10.7. The highest BCUT2D eigenvalue weighted by Gasteiger charge is 2.16. The molecule has 1 atom stereocenters. The fraction of sp³-hybridized carbons (Fsp3) is 0.333. The Hall–Kier alpha value is -2.24. The number of rotatable bonds is 7. The quantitative estimate of drug-likeness (QED) is 0.598. The summed E-state index contributed by atoms with van der Waals surface area (Å²) in [5, 5.41) is 1.56. The molecular weight excluding hydrogens is 375 g/mol. The Morgan fingerprint density at radius 2 is 2.00 bits per heavy atom. The van der Waals surface area contributed by atoms with Crippen LogP contribution in [0, 0.1) is 0 Å². The third-order valence-corrected chi connectivity index (χ3v) is 5.67. The number of aromatic nitrogens is 1. The second-order valence-corrected chi connectivity index (χ2v) is 8.03. The van der Waals surface area contributed by atoms with Crippen LogP contribution in [-0.2, 0) is 15.7 Å². The molecule has 0 radical (unpaired) electrons. The molecule has 2 aromatic carbocycles. The minimum atomic E-state index is -2.31. The lowest BCUT2D eigenvalue weighted by Gasteiger charge is -2.26. The van der Waals surface area contributed by atoms with Crippen molar-refractivity contribution in [2.45, 2.75) is 6.42 Å². The average Bonchev–Trinajstić information content (AvgIpc) is 3.10. The summed E-state index contributed by atoms with van der Waals surface area (Å²) in [6, 6.07) is 15.4. The molecule has 146 valence electrons. The van der Waals surface area contributed by atoms with E-state index in [-0.39, 0.29) is 0 Å². The molecule has 0 saturated carbocycles. The minimum absolute atomic E-state index is 0.458. The van der Waals surface area contributed by atoms with E-state index >= 15 is 0 Å². The first-order chi connectivity index (χ1) is 13.7. The maximum atomic E-state index is 11.3. The molecule has 28 heavy (non-hydrogen) atoms. The molecule has 1 aromatic heterocycles. The van der Waals surface area contributed by atoms with Crippen molar-refractivity contribution in [3.8, 4) is 5.75 Å². The fourth-order valence-corrected chi connectivity index (χ4v) is 3.97. The van der Waals surface area contributed by atoms with E-state index < -0.39 is 8.03 Å². The molecule has 2 N–H and O–H groups in total. The summed E-state index contributed by atoms with van der Waals surface area (Å²) in [5.74, 6) is 0.866. The molecule has 1 saturated heterocycles. The number of H-pyrrole nitrogens is 1. The van der Waals surface area contributed by atoms with E-state index in [1.807, 2.05) is 24.3 Å². The van der Waals surface area contributed by atoms with Crippen molar-refractivity contribution < 1.29 is 18.9 Å². The molecule has 6 nitrogen and oxygen atoms in total. The first kappa shape index (κ1) is 19.1. The van der Waals surface area contributed by atoms with Gasteiger partial charge in [-0.3, -0.25) is 4.90 Å². The van der Waals surface area contributed by atoms with E-state index in [1.165, 1.54) is 0 Å². The molecular formula is C21H24N2O4P+. The van der Waals surface area contributed by atoms with Crippen LogP contribution < -0.4 is 10.0 Å². The number of nitrogens with one attached hydrogen (secondary N) is 1. The molecule has 1 aliphatic rings. The van der Waals surface area contributed by atoms with Crippen LogP contribution in [0.25, 0.3) is 10.9 Å². The number of nitrogens with zero attached hydrogens (tertiary/aromatic N) is 1. The number of hydrogen-bond donors (Lipinski definition) is 2. The lowest BCUT2D eigenvalue weighted by atomic mass is 10.1. The minimum Gasteiger partial charge on any atom is -0.492 e. The summed E-state index contributed by atoms with van der Waals surface area (Å²) in [4.78, 5) is 15.1. The zero-order valence-corrected chi connectivity index (χ0v) is 16.5. The van der Waals surface area contributed by atoms with Crippen molar-refractivity contribution in [3.63, 3.8) is 0 Å². The largest absolute Gasteiger partial charge is 0.546 e. The molecule has 1 aliphatic heterocycles. The van der Waals surface area contributed by atoms with Crippen molar-refractivity contribution in [2.24, 2.45) is 0 Å². The lowest BCUT2D eigenvalue weighted by molar-refractivity contribution is 0.0322. The normalized spacial score (nSPS) is 15.7. The van der Waals surface area contributed by atoms with Gasteiger partial charge in [0.15, 0.2) is 0 Å². The number of benzene rings is 2. The van der Waals surface area contributed by atoms with Gasteiger partial charge in [0.1, 0.15) is 12.4 Å². The first-order valence-electron chi connectivity index (χ1n) is 9.47. The summed E-state index contributed by atoms with van der Waals surface area (Å²) in [6.07, 6.45) is 0.679. The number of hydrogen-bond acceptors (Lipinski definition) is 4. The summed E-state index contributed by atoms with van der Waals surface area (Å²) in [7, 11) is -2.31. The van der Waals surface area contributed by atoms with Crippen LogP contribution in [0.2, 0.25) is 0 Å². The number of ether oxygens (including phenoxy) is 2. The van der Waals surface area contributed by atoms with Crippen LogP contribution >= 0.6 is 8.03 Å². The van der Waals surface area contributed by atoms with Gasteiger partial charge in [-0.25, -0.2) is 0 Å². The molecule has 0 bridgehead atoms. The van der Waals surface area contributed by atoms with E-state index in [9.17, 15) is 9.46 Å². The van der Waals surface area contributed by atoms with E-state index in [0.29, 0.717) is 18.3 Å². The highest BCUT2D eigenvalue weighted by molar-refractivity contribution is 7.47. The summed E-state index contributed by atoms with van der Waals surface area (Å²) < 4.78 is 22.6. The zero-order chi connectivity index (χ0) is 19.3. The highest BCUT2D eigenvalue weighted by atomic mass is 31.1. The van der Waals surface area contributed by atoms with E-state index in [2.05, 4.69) is 22.0 Å². The topological polar surface area (TPSA) is 74.8 Å². The maximum Gasteiger partial charge on any atom is 0.546 e. The lowest BCUT2D eigenvalue weighted by Crippen LogP contribution is -2.38. The second-order valence-electron chi connectivity index (χ2n) is 6.97. The van der Waals surface area contributed by atoms with Crippen LogP contribution in [0.3, 0.4) is 0 Å². The third kappa shape index (κ3) is 4.78. The van der Waals surface area contributed by atoms with Gasteiger partial charge in [-0.2, -0.15) is 4.89 Å². The Morgan fingerprint density at radius 3 is 2.82 bits per heavy atom.